The lowest BCUT2D eigenvalue weighted by Crippen LogP contribution is -2.29. The Morgan fingerprint density at radius 1 is 1.53 bits per heavy atom. The SMILES string of the molecule is Nc1c(C(=O)N2CCC(CO)C2)sc2nccnc12. The number of anilines is 1. The van der Waals surface area contributed by atoms with Crippen molar-refractivity contribution in [1.29, 1.82) is 0 Å². The maximum Gasteiger partial charge on any atom is 0.266 e. The normalized spacial score (nSPS) is 19.2. The van der Waals surface area contributed by atoms with Gasteiger partial charge in [0.15, 0.2) is 0 Å². The molecule has 2 aromatic heterocycles. The van der Waals surface area contributed by atoms with Crippen molar-refractivity contribution in [3.63, 3.8) is 0 Å². The molecule has 1 unspecified atom stereocenters. The highest BCUT2D eigenvalue weighted by atomic mass is 32.1. The number of nitrogen functional groups attached to an aromatic ring is 1. The first-order valence-electron chi connectivity index (χ1n) is 6.10. The molecule has 100 valence electrons. The average molecular weight is 278 g/mol. The second-order valence-electron chi connectivity index (χ2n) is 4.64. The molecule has 19 heavy (non-hydrogen) atoms. The number of nitrogens with zero attached hydrogens (tertiary/aromatic N) is 3. The first kappa shape index (κ1) is 12.3. The molecule has 3 rings (SSSR count). The Morgan fingerprint density at radius 3 is 3.00 bits per heavy atom. The van der Waals surface area contributed by atoms with E-state index in [9.17, 15) is 4.79 Å². The molecule has 0 radical (unpaired) electrons. The Hall–Kier alpha value is -1.73. The van der Waals surface area contributed by atoms with E-state index in [2.05, 4.69) is 9.97 Å². The summed E-state index contributed by atoms with van der Waals surface area (Å²) in [6.07, 6.45) is 3.99. The molecule has 1 fully saturated rings. The lowest BCUT2D eigenvalue weighted by molar-refractivity contribution is 0.0787. The van der Waals surface area contributed by atoms with Crippen LogP contribution in [0, 0.1) is 5.92 Å². The number of nitrogens with two attached hydrogens (primary N) is 1. The second kappa shape index (κ2) is 4.75. The number of amides is 1. The number of carbonyl (C=O) groups is 1. The number of hydrogen-bond donors (Lipinski definition) is 2. The molecule has 7 heteroatoms. The summed E-state index contributed by atoms with van der Waals surface area (Å²) in [5.41, 5.74) is 6.99. The molecule has 3 heterocycles. The Morgan fingerprint density at radius 2 is 2.32 bits per heavy atom. The van der Waals surface area contributed by atoms with Crippen molar-refractivity contribution in [1.82, 2.24) is 14.9 Å². The van der Waals surface area contributed by atoms with Crippen molar-refractivity contribution in [2.75, 3.05) is 25.4 Å². The molecule has 1 saturated heterocycles. The van der Waals surface area contributed by atoms with E-state index in [0.717, 1.165) is 6.42 Å². The molecular formula is C12H14N4O2S. The van der Waals surface area contributed by atoms with Gasteiger partial charge in [0.25, 0.3) is 5.91 Å². The number of hydrogen-bond acceptors (Lipinski definition) is 6. The van der Waals surface area contributed by atoms with E-state index in [4.69, 9.17) is 10.8 Å². The summed E-state index contributed by atoms with van der Waals surface area (Å²) in [5.74, 6) is 0.0917. The van der Waals surface area contributed by atoms with Crippen molar-refractivity contribution in [3.8, 4) is 0 Å². The molecule has 3 N–H and O–H groups in total. The van der Waals surface area contributed by atoms with Crippen LogP contribution < -0.4 is 5.73 Å². The fraction of sp³-hybridized carbons (Fsp3) is 0.417. The fourth-order valence-electron chi connectivity index (χ4n) is 2.31. The second-order valence-corrected chi connectivity index (χ2v) is 5.64. The molecule has 0 spiro atoms. The van der Waals surface area contributed by atoms with Gasteiger partial charge in [-0.2, -0.15) is 0 Å². The molecule has 2 aromatic rings. The van der Waals surface area contributed by atoms with E-state index in [0.29, 0.717) is 34.0 Å². The van der Waals surface area contributed by atoms with Crippen LogP contribution >= 0.6 is 11.3 Å². The number of carbonyl (C=O) groups excluding carboxylic acids is 1. The van der Waals surface area contributed by atoms with Crippen LogP contribution in [0.5, 0.6) is 0 Å². The van der Waals surface area contributed by atoms with Crippen LogP contribution in [0.15, 0.2) is 12.4 Å². The Labute approximate surface area is 113 Å². The molecule has 0 saturated carbocycles. The van der Waals surface area contributed by atoms with Crippen LogP contribution in [0.2, 0.25) is 0 Å². The number of likely N-dealkylation sites (tertiary alicyclic amines) is 1. The van der Waals surface area contributed by atoms with Gasteiger partial charge >= 0.3 is 0 Å². The topological polar surface area (TPSA) is 92.3 Å². The highest BCUT2D eigenvalue weighted by molar-refractivity contribution is 7.21. The summed E-state index contributed by atoms with van der Waals surface area (Å²) in [5, 5.41) is 9.13. The van der Waals surface area contributed by atoms with Gasteiger partial charge in [0.2, 0.25) is 0 Å². The molecule has 1 amide bonds. The first-order valence-corrected chi connectivity index (χ1v) is 6.91. The molecule has 1 aliphatic rings. The van der Waals surface area contributed by atoms with E-state index < -0.39 is 0 Å². The third kappa shape index (κ3) is 2.04. The summed E-state index contributed by atoms with van der Waals surface area (Å²) < 4.78 is 0. The van der Waals surface area contributed by atoms with E-state index >= 15 is 0 Å². The maximum absolute atomic E-state index is 12.4. The molecule has 0 bridgehead atoms. The number of thiophene rings is 1. The zero-order valence-electron chi connectivity index (χ0n) is 10.2. The van der Waals surface area contributed by atoms with Crippen molar-refractivity contribution < 1.29 is 9.90 Å². The van der Waals surface area contributed by atoms with E-state index in [1.807, 2.05) is 0 Å². The number of fused-ring (bicyclic) bond motifs is 1. The van der Waals surface area contributed by atoms with Gasteiger partial charge < -0.3 is 15.7 Å². The van der Waals surface area contributed by atoms with Gasteiger partial charge in [-0.25, -0.2) is 9.97 Å². The van der Waals surface area contributed by atoms with E-state index in [1.54, 1.807) is 17.3 Å². The van der Waals surface area contributed by atoms with Gasteiger partial charge in [-0.1, -0.05) is 0 Å². The van der Waals surface area contributed by atoms with Gasteiger partial charge in [-0.3, -0.25) is 4.79 Å². The minimum Gasteiger partial charge on any atom is -0.396 e. The average Bonchev–Trinajstić information content (AvgIpc) is 3.04. The van der Waals surface area contributed by atoms with Crippen molar-refractivity contribution >= 4 is 33.3 Å². The molecule has 0 aromatic carbocycles. The highest BCUT2D eigenvalue weighted by Gasteiger charge is 2.29. The number of aromatic nitrogens is 2. The monoisotopic (exact) mass is 278 g/mol. The molecule has 1 atom stereocenters. The van der Waals surface area contributed by atoms with Crippen LogP contribution in [-0.2, 0) is 0 Å². The first-order chi connectivity index (χ1) is 9.20. The summed E-state index contributed by atoms with van der Waals surface area (Å²) in [4.78, 5) is 23.7. The summed E-state index contributed by atoms with van der Waals surface area (Å²) >= 11 is 1.28. The largest absolute Gasteiger partial charge is 0.396 e. The van der Waals surface area contributed by atoms with Crippen molar-refractivity contribution in [3.05, 3.63) is 17.3 Å². The standard InChI is InChI=1S/C12H14N4O2S/c13-8-9-11(15-3-2-14-9)19-10(8)12(18)16-4-1-7(5-16)6-17/h2-3,7,17H,1,4-6,13H2. The van der Waals surface area contributed by atoms with Gasteiger partial charge in [-0.15, -0.1) is 11.3 Å². The molecule has 1 aliphatic heterocycles. The molecule has 6 nitrogen and oxygen atoms in total. The molecular weight excluding hydrogens is 264 g/mol. The zero-order valence-corrected chi connectivity index (χ0v) is 11.1. The predicted molar refractivity (Wildman–Crippen MR) is 72.9 cm³/mol. The van der Waals surface area contributed by atoms with Crippen molar-refractivity contribution in [2.45, 2.75) is 6.42 Å². The Balaban J connectivity index is 1.92. The lowest BCUT2D eigenvalue weighted by atomic mass is 10.1. The maximum atomic E-state index is 12.4. The van der Waals surface area contributed by atoms with Crippen molar-refractivity contribution in [2.24, 2.45) is 5.92 Å². The zero-order chi connectivity index (χ0) is 13.4. The van der Waals surface area contributed by atoms with Crippen LogP contribution in [0.1, 0.15) is 16.1 Å². The van der Waals surface area contributed by atoms with Crippen LogP contribution in [0.25, 0.3) is 10.3 Å². The molecule has 0 aliphatic carbocycles. The third-order valence-corrected chi connectivity index (χ3v) is 4.48. The van der Waals surface area contributed by atoms with Gasteiger partial charge in [0.05, 0.1) is 5.69 Å². The Kier molecular flexibility index (Phi) is 3.08. The lowest BCUT2D eigenvalue weighted by Gasteiger charge is -2.15. The van der Waals surface area contributed by atoms with Gasteiger partial charge in [0.1, 0.15) is 15.2 Å². The predicted octanol–water partition coefficient (Wildman–Crippen LogP) is 0.728. The van der Waals surface area contributed by atoms with Crippen LogP contribution in [0.4, 0.5) is 5.69 Å². The Bertz CT molecular complexity index is 627. The number of rotatable bonds is 2. The van der Waals surface area contributed by atoms with Crippen LogP contribution in [0.3, 0.4) is 0 Å². The van der Waals surface area contributed by atoms with Crippen LogP contribution in [-0.4, -0.2) is 45.6 Å². The van der Waals surface area contributed by atoms with Gasteiger partial charge in [0, 0.05) is 38.0 Å². The number of aliphatic hydroxyl groups is 1. The summed E-state index contributed by atoms with van der Waals surface area (Å²) in [6, 6.07) is 0. The smallest absolute Gasteiger partial charge is 0.266 e. The highest BCUT2D eigenvalue weighted by Crippen LogP contribution is 2.32. The quantitative estimate of drug-likeness (QED) is 0.844. The third-order valence-electron chi connectivity index (χ3n) is 3.39. The minimum absolute atomic E-state index is 0.0850. The van der Waals surface area contributed by atoms with E-state index in [1.165, 1.54) is 11.3 Å². The summed E-state index contributed by atoms with van der Waals surface area (Å²) in [6.45, 7) is 1.37. The van der Waals surface area contributed by atoms with Gasteiger partial charge in [-0.05, 0) is 6.42 Å². The summed E-state index contributed by atoms with van der Waals surface area (Å²) in [7, 11) is 0. The number of aliphatic hydroxyl groups excluding tert-OH is 1. The van der Waals surface area contributed by atoms with E-state index in [-0.39, 0.29) is 18.4 Å². The fourth-order valence-corrected chi connectivity index (χ4v) is 3.30. The minimum atomic E-state index is -0.0850.